The molecule has 0 aromatic heterocycles. The minimum atomic E-state index is -2.09. The largest absolute Gasteiger partial charge is 0.480 e. The number of hydrogen-bond donors (Lipinski definition) is 3. The maximum atomic E-state index is 13.1. The fraction of sp³-hybridized carbons (Fsp3) is 0.222. The van der Waals surface area contributed by atoms with Gasteiger partial charge in [-0.05, 0) is 0 Å². The van der Waals surface area contributed by atoms with Crippen LogP contribution in [0.5, 0.6) is 0 Å². The molecule has 2 atom stereocenters. The molecule has 0 aliphatic heterocycles. The van der Waals surface area contributed by atoms with Gasteiger partial charge in [0.1, 0.15) is 29.6 Å². The summed E-state index contributed by atoms with van der Waals surface area (Å²) in [5.74, 6) is -5.58. The Hall–Kier alpha value is -1.60. The molecule has 0 heterocycles. The molecule has 7 heteroatoms. The number of carbonyl (C=O) groups is 1. The third kappa shape index (κ3) is 2.31. The predicted octanol–water partition coefficient (Wildman–Crippen LogP) is 0.549. The zero-order chi connectivity index (χ0) is 12.5. The molecule has 0 saturated carbocycles. The van der Waals surface area contributed by atoms with E-state index in [-0.39, 0.29) is 0 Å². The lowest BCUT2D eigenvalue weighted by molar-refractivity contribution is -0.141. The van der Waals surface area contributed by atoms with Crippen molar-refractivity contribution < 1.29 is 28.2 Å². The summed E-state index contributed by atoms with van der Waals surface area (Å²) >= 11 is 0. The fourth-order valence-electron chi connectivity index (χ4n) is 1.15. The number of aliphatic hydroxyl groups is 1. The van der Waals surface area contributed by atoms with E-state index in [1.165, 1.54) is 0 Å². The van der Waals surface area contributed by atoms with Crippen molar-refractivity contribution in [2.45, 2.75) is 12.1 Å². The van der Waals surface area contributed by atoms with Crippen LogP contribution in [0.2, 0.25) is 0 Å². The SMILES string of the molecule is NC(C(=O)O)C(O)c1c(F)cc(F)cc1F. The van der Waals surface area contributed by atoms with Gasteiger partial charge in [0.2, 0.25) is 0 Å². The van der Waals surface area contributed by atoms with Crippen LogP contribution >= 0.6 is 0 Å². The molecule has 4 N–H and O–H groups in total. The van der Waals surface area contributed by atoms with Crippen molar-refractivity contribution in [3.05, 3.63) is 35.1 Å². The highest BCUT2D eigenvalue weighted by Crippen LogP contribution is 2.23. The number of nitrogens with two attached hydrogens (primary N) is 1. The molecule has 88 valence electrons. The molecule has 0 aliphatic rings. The lowest BCUT2D eigenvalue weighted by Crippen LogP contribution is -2.37. The Morgan fingerprint density at radius 2 is 1.69 bits per heavy atom. The van der Waals surface area contributed by atoms with Crippen LogP contribution in [0.25, 0.3) is 0 Å². The number of carboxylic acid groups (broad SMARTS) is 1. The zero-order valence-electron chi connectivity index (χ0n) is 7.82. The van der Waals surface area contributed by atoms with Gasteiger partial charge in [-0.2, -0.15) is 0 Å². The van der Waals surface area contributed by atoms with E-state index in [9.17, 15) is 23.1 Å². The predicted molar refractivity (Wildman–Crippen MR) is 46.9 cm³/mol. The Morgan fingerprint density at radius 1 is 1.25 bits per heavy atom. The summed E-state index contributed by atoms with van der Waals surface area (Å²) in [6.07, 6.45) is -2.09. The number of carboxylic acids is 1. The molecule has 0 spiro atoms. The quantitative estimate of drug-likeness (QED) is 0.714. The Balaban J connectivity index is 3.18. The van der Waals surface area contributed by atoms with Crippen LogP contribution in [0.3, 0.4) is 0 Å². The Morgan fingerprint density at radius 3 is 2.06 bits per heavy atom. The number of aliphatic hydroxyl groups excluding tert-OH is 1. The van der Waals surface area contributed by atoms with E-state index in [0.29, 0.717) is 12.1 Å². The maximum Gasteiger partial charge on any atom is 0.323 e. The number of benzene rings is 1. The maximum absolute atomic E-state index is 13.1. The van der Waals surface area contributed by atoms with Crippen LogP contribution in [0.4, 0.5) is 13.2 Å². The molecule has 1 aromatic carbocycles. The first-order chi connectivity index (χ1) is 7.34. The van der Waals surface area contributed by atoms with E-state index < -0.39 is 41.1 Å². The van der Waals surface area contributed by atoms with Crippen LogP contribution in [0.15, 0.2) is 12.1 Å². The highest BCUT2D eigenvalue weighted by atomic mass is 19.1. The highest BCUT2D eigenvalue weighted by molar-refractivity contribution is 5.74. The summed E-state index contributed by atoms with van der Waals surface area (Å²) in [6, 6.07) is -1.23. The summed E-state index contributed by atoms with van der Waals surface area (Å²) < 4.78 is 38.7. The molecular weight excluding hydrogens is 227 g/mol. The standard InChI is InChI=1S/C9H8F3NO3/c10-3-1-4(11)6(5(12)2-3)8(14)7(13)9(15)16/h1-2,7-8,14H,13H2,(H,15,16). The van der Waals surface area contributed by atoms with Gasteiger partial charge in [0.15, 0.2) is 0 Å². The van der Waals surface area contributed by atoms with Gasteiger partial charge in [0, 0.05) is 12.1 Å². The molecule has 0 amide bonds. The Kier molecular flexibility index (Phi) is 3.51. The van der Waals surface area contributed by atoms with E-state index in [0.717, 1.165) is 0 Å². The first kappa shape index (κ1) is 12.5. The second kappa shape index (κ2) is 4.50. The molecule has 16 heavy (non-hydrogen) atoms. The lowest BCUT2D eigenvalue weighted by Gasteiger charge is -2.16. The minimum Gasteiger partial charge on any atom is -0.480 e. The Labute approximate surface area is 88.1 Å². The van der Waals surface area contributed by atoms with Crippen LogP contribution in [-0.4, -0.2) is 22.2 Å². The van der Waals surface area contributed by atoms with Gasteiger partial charge in [0.05, 0.1) is 5.56 Å². The van der Waals surface area contributed by atoms with Crippen molar-refractivity contribution in [3.63, 3.8) is 0 Å². The molecular formula is C9H8F3NO3. The van der Waals surface area contributed by atoms with E-state index in [2.05, 4.69) is 0 Å². The van der Waals surface area contributed by atoms with Crippen LogP contribution < -0.4 is 5.73 Å². The number of aliphatic carboxylic acids is 1. The third-order valence-electron chi connectivity index (χ3n) is 1.96. The second-order valence-electron chi connectivity index (χ2n) is 3.09. The summed E-state index contributed by atoms with van der Waals surface area (Å²) in [5, 5.41) is 17.7. The third-order valence-corrected chi connectivity index (χ3v) is 1.96. The van der Waals surface area contributed by atoms with Crippen molar-refractivity contribution >= 4 is 5.97 Å². The molecule has 0 aliphatic carbocycles. The molecule has 0 fully saturated rings. The molecule has 4 nitrogen and oxygen atoms in total. The van der Waals surface area contributed by atoms with Crippen LogP contribution in [0.1, 0.15) is 11.7 Å². The monoisotopic (exact) mass is 235 g/mol. The van der Waals surface area contributed by atoms with E-state index in [1.54, 1.807) is 0 Å². The number of halogens is 3. The highest BCUT2D eigenvalue weighted by Gasteiger charge is 2.29. The minimum absolute atomic E-state index is 0.330. The first-order valence-electron chi connectivity index (χ1n) is 4.15. The number of hydrogen-bond acceptors (Lipinski definition) is 3. The van der Waals surface area contributed by atoms with E-state index in [4.69, 9.17) is 10.8 Å². The van der Waals surface area contributed by atoms with Crippen LogP contribution in [-0.2, 0) is 4.79 Å². The van der Waals surface area contributed by atoms with E-state index in [1.807, 2.05) is 0 Å². The molecule has 0 saturated heterocycles. The summed E-state index contributed by atoms with van der Waals surface area (Å²) in [6.45, 7) is 0. The zero-order valence-corrected chi connectivity index (χ0v) is 7.82. The van der Waals surface area contributed by atoms with Gasteiger partial charge in [-0.25, -0.2) is 13.2 Å². The van der Waals surface area contributed by atoms with Gasteiger partial charge in [-0.3, -0.25) is 4.79 Å². The van der Waals surface area contributed by atoms with Crippen molar-refractivity contribution in [3.8, 4) is 0 Å². The van der Waals surface area contributed by atoms with Crippen molar-refractivity contribution in [2.75, 3.05) is 0 Å². The molecule has 1 rings (SSSR count). The summed E-state index contributed by atoms with van der Waals surface area (Å²) in [7, 11) is 0. The Bertz CT molecular complexity index is 401. The van der Waals surface area contributed by atoms with Crippen molar-refractivity contribution in [1.82, 2.24) is 0 Å². The molecule has 0 radical (unpaired) electrons. The average Bonchev–Trinajstić information content (AvgIpc) is 2.14. The summed E-state index contributed by atoms with van der Waals surface area (Å²) in [4.78, 5) is 10.4. The fourth-order valence-corrected chi connectivity index (χ4v) is 1.15. The molecule has 1 aromatic rings. The van der Waals surface area contributed by atoms with Crippen molar-refractivity contribution in [1.29, 1.82) is 0 Å². The first-order valence-corrected chi connectivity index (χ1v) is 4.15. The van der Waals surface area contributed by atoms with Gasteiger partial charge >= 0.3 is 5.97 Å². The van der Waals surface area contributed by atoms with Gasteiger partial charge in [0.25, 0.3) is 0 Å². The molecule has 2 unspecified atom stereocenters. The van der Waals surface area contributed by atoms with Gasteiger partial charge in [-0.1, -0.05) is 0 Å². The van der Waals surface area contributed by atoms with Crippen molar-refractivity contribution in [2.24, 2.45) is 5.73 Å². The topological polar surface area (TPSA) is 83.6 Å². The summed E-state index contributed by atoms with van der Waals surface area (Å²) in [5.41, 5.74) is 4.03. The number of rotatable bonds is 3. The molecule has 0 bridgehead atoms. The lowest BCUT2D eigenvalue weighted by atomic mass is 10.0. The normalized spacial score (nSPS) is 14.6. The van der Waals surface area contributed by atoms with Gasteiger partial charge in [-0.15, -0.1) is 0 Å². The van der Waals surface area contributed by atoms with Gasteiger partial charge < -0.3 is 15.9 Å². The van der Waals surface area contributed by atoms with E-state index >= 15 is 0 Å². The average molecular weight is 235 g/mol. The second-order valence-corrected chi connectivity index (χ2v) is 3.09. The van der Waals surface area contributed by atoms with Crippen LogP contribution in [0, 0.1) is 17.5 Å². The smallest absolute Gasteiger partial charge is 0.323 e.